The topological polar surface area (TPSA) is 80.3 Å². The zero-order chi connectivity index (χ0) is 23.0. The largest absolute Gasteiger partial charge is 0.492 e. The summed E-state index contributed by atoms with van der Waals surface area (Å²) in [6.45, 7) is 0.852. The van der Waals surface area contributed by atoms with E-state index < -0.39 is 0 Å². The average molecular weight is 542 g/mol. The smallest absolute Gasteiger partial charge is 0.256 e. The predicted molar refractivity (Wildman–Crippen MR) is 137 cm³/mol. The number of fused-ring (bicyclic) bond motifs is 1. The van der Waals surface area contributed by atoms with Gasteiger partial charge < -0.3 is 15.4 Å². The molecule has 168 valence electrons. The fraction of sp³-hybridized carbons (Fsp3) is 0.125. The lowest BCUT2D eigenvalue weighted by Crippen LogP contribution is -2.29. The van der Waals surface area contributed by atoms with Crippen molar-refractivity contribution in [3.63, 3.8) is 0 Å². The Morgan fingerprint density at radius 2 is 1.82 bits per heavy atom. The number of hydrogen-bond donors (Lipinski definition) is 2. The first-order chi connectivity index (χ1) is 16.1. The molecule has 0 unspecified atom stereocenters. The molecule has 1 heterocycles. The second kappa shape index (κ2) is 11.3. The van der Waals surface area contributed by atoms with Gasteiger partial charge in [-0.2, -0.15) is 0 Å². The van der Waals surface area contributed by atoms with E-state index in [1.807, 2.05) is 66.7 Å². The van der Waals surface area contributed by atoms with Gasteiger partial charge in [0, 0.05) is 10.2 Å². The Labute approximate surface area is 207 Å². The van der Waals surface area contributed by atoms with Crippen LogP contribution in [0.1, 0.15) is 10.4 Å². The number of anilines is 1. The first-order valence-electron chi connectivity index (χ1n) is 10.1. The van der Waals surface area contributed by atoms with Crippen LogP contribution in [0.2, 0.25) is 0 Å². The van der Waals surface area contributed by atoms with E-state index in [0.717, 1.165) is 24.8 Å². The van der Waals surface area contributed by atoms with E-state index >= 15 is 0 Å². The number of hydrogen-bond acceptors (Lipinski definition) is 6. The number of halogens is 1. The third kappa shape index (κ3) is 6.56. The van der Waals surface area contributed by atoms with Gasteiger partial charge in [-0.15, -0.1) is 11.3 Å². The minimum Gasteiger partial charge on any atom is -0.492 e. The number of rotatable bonds is 9. The molecule has 33 heavy (non-hydrogen) atoms. The first-order valence-corrected chi connectivity index (χ1v) is 12.7. The number of nitrogens with one attached hydrogen (secondary N) is 2. The van der Waals surface area contributed by atoms with Crippen molar-refractivity contribution in [3.05, 3.63) is 82.8 Å². The highest BCUT2D eigenvalue weighted by Gasteiger charge is 2.12. The summed E-state index contributed by atoms with van der Waals surface area (Å²) < 4.78 is 8.05. The van der Waals surface area contributed by atoms with E-state index in [2.05, 4.69) is 31.5 Å². The van der Waals surface area contributed by atoms with E-state index in [4.69, 9.17) is 4.74 Å². The van der Waals surface area contributed by atoms with Crippen LogP contribution < -0.4 is 15.4 Å². The number of carbonyl (C=O) groups excluding carboxylic acids is 2. The van der Waals surface area contributed by atoms with Crippen LogP contribution >= 0.6 is 39.0 Å². The van der Waals surface area contributed by atoms with Crippen molar-refractivity contribution in [1.82, 2.24) is 10.3 Å². The van der Waals surface area contributed by atoms with Crippen LogP contribution in [0.5, 0.6) is 5.75 Å². The van der Waals surface area contributed by atoms with Crippen molar-refractivity contribution in [3.8, 4) is 5.75 Å². The van der Waals surface area contributed by atoms with Crippen LogP contribution in [0, 0.1) is 0 Å². The van der Waals surface area contributed by atoms with Crippen molar-refractivity contribution in [1.29, 1.82) is 0 Å². The fourth-order valence-electron chi connectivity index (χ4n) is 2.94. The maximum atomic E-state index is 12.5. The van der Waals surface area contributed by atoms with Crippen molar-refractivity contribution in [2.75, 3.05) is 24.2 Å². The van der Waals surface area contributed by atoms with Crippen molar-refractivity contribution in [2.24, 2.45) is 0 Å². The van der Waals surface area contributed by atoms with Crippen LogP contribution in [-0.4, -0.2) is 35.7 Å². The molecule has 1 aromatic heterocycles. The van der Waals surface area contributed by atoms with Crippen molar-refractivity contribution in [2.45, 2.75) is 4.34 Å². The Kier molecular flexibility index (Phi) is 7.98. The maximum absolute atomic E-state index is 12.5. The molecule has 0 aliphatic heterocycles. The molecular weight excluding hydrogens is 522 g/mol. The van der Waals surface area contributed by atoms with Gasteiger partial charge in [-0.25, -0.2) is 4.98 Å². The van der Waals surface area contributed by atoms with Gasteiger partial charge in [-0.05, 0) is 58.4 Å². The van der Waals surface area contributed by atoms with Gasteiger partial charge in [0.1, 0.15) is 12.4 Å². The Morgan fingerprint density at radius 1 is 1.03 bits per heavy atom. The molecule has 0 bridgehead atoms. The van der Waals surface area contributed by atoms with Crippen molar-refractivity contribution >= 4 is 66.7 Å². The Hall–Kier alpha value is -2.88. The van der Waals surface area contributed by atoms with Crippen LogP contribution in [0.15, 0.2) is 81.6 Å². The van der Waals surface area contributed by atoms with Crippen molar-refractivity contribution < 1.29 is 14.3 Å². The molecule has 2 amide bonds. The molecule has 0 aliphatic carbocycles. The number of para-hydroxylation sites is 1. The maximum Gasteiger partial charge on any atom is 0.256 e. The lowest BCUT2D eigenvalue weighted by molar-refractivity contribution is -0.118. The first kappa shape index (κ1) is 23.3. The number of amides is 2. The van der Waals surface area contributed by atoms with Crippen LogP contribution in [0.4, 0.5) is 5.69 Å². The number of carbonyl (C=O) groups is 2. The summed E-state index contributed by atoms with van der Waals surface area (Å²) >= 11 is 6.28. The summed E-state index contributed by atoms with van der Waals surface area (Å²) in [4.78, 5) is 29.2. The highest BCUT2D eigenvalue weighted by Crippen LogP contribution is 2.31. The number of nitrogens with zero attached hydrogens (tertiary/aromatic N) is 1. The van der Waals surface area contributed by atoms with E-state index in [1.54, 1.807) is 6.07 Å². The summed E-state index contributed by atoms with van der Waals surface area (Å²) in [5.41, 5.74) is 2.09. The number of ether oxygens (including phenoxy) is 1. The zero-order valence-electron chi connectivity index (χ0n) is 17.4. The molecule has 0 saturated carbocycles. The Morgan fingerprint density at radius 3 is 2.64 bits per heavy atom. The van der Waals surface area contributed by atoms with Gasteiger partial charge in [-0.3, -0.25) is 9.59 Å². The quantitative estimate of drug-likeness (QED) is 0.213. The SMILES string of the molecule is O=C(CSc1nc2ccc(NC(=O)c3ccccc3Br)cc2s1)NCCOc1ccccc1. The van der Waals surface area contributed by atoms with Gasteiger partial charge >= 0.3 is 0 Å². The molecule has 0 spiro atoms. The Balaban J connectivity index is 1.27. The molecule has 4 rings (SSSR count). The normalized spacial score (nSPS) is 10.7. The summed E-state index contributed by atoms with van der Waals surface area (Å²) in [6, 6.07) is 22.4. The van der Waals surface area contributed by atoms with Gasteiger partial charge in [0.25, 0.3) is 5.91 Å². The van der Waals surface area contributed by atoms with Crippen LogP contribution in [0.3, 0.4) is 0 Å². The molecule has 4 aromatic rings. The summed E-state index contributed by atoms with van der Waals surface area (Å²) in [7, 11) is 0. The monoisotopic (exact) mass is 541 g/mol. The standard InChI is InChI=1S/C24H20BrN3O3S2/c25-19-9-5-4-8-18(19)23(30)27-16-10-11-20-21(14-16)33-24(28-20)32-15-22(29)26-12-13-31-17-6-2-1-3-7-17/h1-11,14H,12-13,15H2,(H,26,29)(H,27,30). The number of benzene rings is 3. The fourth-order valence-corrected chi connectivity index (χ4v) is 5.34. The highest BCUT2D eigenvalue weighted by molar-refractivity contribution is 9.10. The number of thioether (sulfide) groups is 1. The molecule has 0 radical (unpaired) electrons. The minimum absolute atomic E-state index is 0.0719. The predicted octanol–water partition coefficient (Wildman–Crippen LogP) is 5.60. The summed E-state index contributed by atoms with van der Waals surface area (Å²) in [5, 5.41) is 5.77. The van der Waals surface area contributed by atoms with Gasteiger partial charge in [0.15, 0.2) is 4.34 Å². The number of thiazole rings is 1. The van der Waals surface area contributed by atoms with Gasteiger partial charge in [0.05, 0.1) is 28.1 Å². The lowest BCUT2D eigenvalue weighted by atomic mass is 10.2. The van der Waals surface area contributed by atoms with Gasteiger partial charge in [0.2, 0.25) is 5.91 Å². The molecule has 2 N–H and O–H groups in total. The van der Waals surface area contributed by atoms with Crippen LogP contribution in [-0.2, 0) is 4.79 Å². The van der Waals surface area contributed by atoms with E-state index in [9.17, 15) is 9.59 Å². The molecule has 0 atom stereocenters. The highest BCUT2D eigenvalue weighted by atomic mass is 79.9. The van der Waals surface area contributed by atoms with E-state index in [-0.39, 0.29) is 17.6 Å². The molecule has 0 saturated heterocycles. The lowest BCUT2D eigenvalue weighted by Gasteiger charge is -2.07. The van der Waals surface area contributed by atoms with Crippen LogP contribution in [0.25, 0.3) is 10.2 Å². The molecule has 9 heteroatoms. The third-order valence-electron chi connectivity index (χ3n) is 4.51. The molecule has 0 aliphatic rings. The molecule has 0 fully saturated rings. The van der Waals surface area contributed by atoms with E-state index in [0.29, 0.717) is 24.4 Å². The average Bonchev–Trinajstić information content (AvgIpc) is 3.24. The Bertz CT molecular complexity index is 1260. The summed E-state index contributed by atoms with van der Waals surface area (Å²) in [5.74, 6) is 0.797. The third-order valence-corrected chi connectivity index (χ3v) is 7.36. The van der Waals surface area contributed by atoms with Gasteiger partial charge in [-0.1, -0.05) is 42.1 Å². The molecule has 6 nitrogen and oxygen atoms in total. The zero-order valence-corrected chi connectivity index (χ0v) is 20.6. The minimum atomic E-state index is -0.186. The van der Waals surface area contributed by atoms with E-state index in [1.165, 1.54) is 23.1 Å². The second-order valence-electron chi connectivity index (χ2n) is 6.90. The molecule has 3 aromatic carbocycles. The second-order valence-corrected chi connectivity index (χ2v) is 10.0. The molecular formula is C24H20BrN3O3S2. The summed E-state index contributed by atoms with van der Waals surface area (Å²) in [6.07, 6.45) is 0. The number of aromatic nitrogens is 1.